The van der Waals surface area contributed by atoms with Gasteiger partial charge in [0, 0.05) is 22.5 Å². The molecule has 0 saturated carbocycles. The van der Waals surface area contributed by atoms with Gasteiger partial charge >= 0.3 is 0 Å². The molecule has 0 aliphatic carbocycles. The number of anilines is 1. The van der Waals surface area contributed by atoms with E-state index in [2.05, 4.69) is 20.4 Å². The predicted octanol–water partition coefficient (Wildman–Crippen LogP) is 1.93. The molecule has 0 amide bonds. The molecule has 5 nitrogen and oxygen atoms in total. The molecule has 2 heterocycles. The van der Waals surface area contributed by atoms with Crippen molar-refractivity contribution >= 4 is 17.6 Å². The van der Waals surface area contributed by atoms with Gasteiger partial charge in [0.1, 0.15) is 5.82 Å². The molecule has 2 rings (SSSR count). The van der Waals surface area contributed by atoms with Crippen molar-refractivity contribution < 1.29 is 0 Å². The summed E-state index contributed by atoms with van der Waals surface area (Å²) < 4.78 is 0. The summed E-state index contributed by atoms with van der Waals surface area (Å²) in [4.78, 5) is 13.8. The Balaban J connectivity index is 2.24. The largest absolute Gasteiger partial charge is 0.308 e. The van der Waals surface area contributed by atoms with Gasteiger partial charge in [-0.15, -0.1) is 0 Å². The second-order valence-electron chi connectivity index (χ2n) is 3.56. The molecule has 0 atom stereocenters. The standard InChI is InChI=1S/C11H13N5S/c1-7-5-8(2)15-11(14-7)17-9-3-4-13-10(6-9)16-12/h3-6H,12H2,1-2H3,(H,13,16). The molecule has 88 valence electrons. The van der Waals surface area contributed by atoms with Crippen molar-refractivity contribution in [3.8, 4) is 0 Å². The monoisotopic (exact) mass is 247 g/mol. The molecule has 0 unspecified atom stereocenters. The summed E-state index contributed by atoms with van der Waals surface area (Å²) in [7, 11) is 0. The van der Waals surface area contributed by atoms with Gasteiger partial charge in [0.25, 0.3) is 0 Å². The molecule has 0 aliphatic heterocycles. The maximum atomic E-state index is 5.31. The van der Waals surface area contributed by atoms with E-state index >= 15 is 0 Å². The van der Waals surface area contributed by atoms with E-state index in [9.17, 15) is 0 Å². The molecular weight excluding hydrogens is 234 g/mol. The number of aromatic nitrogens is 3. The van der Waals surface area contributed by atoms with Gasteiger partial charge in [-0.05, 0) is 43.8 Å². The van der Waals surface area contributed by atoms with Crippen molar-refractivity contribution in [2.75, 3.05) is 5.43 Å². The van der Waals surface area contributed by atoms with Crippen LogP contribution in [0.15, 0.2) is 34.4 Å². The van der Waals surface area contributed by atoms with E-state index in [0.717, 1.165) is 21.4 Å². The van der Waals surface area contributed by atoms with Gasteiger partial charge in [-0.1, -0.05) is 0 Å². The summed E-state index contributed by atoms with van der Waals surface area (Å²) in [5.74, 6) is 5.93. The van der Waals surface area contributed by atoms with Crippen molar-refractivity contribution in [2.45, 2.75) is 23.9 Å². The van der Waals surface area contributed by atoms with Gasteiger partial charge in [-0.2, -0.15) is 0 Å². The molecule has 3 N–H and O–H groups in total. The van der Waals surface area contributed by atoms with Crippen LogP contribution in [0.1, 0.15) is 11.4 Å². The van der Waals surface area contributed by atoms with Crippen LogP contribution < -0.4 is 11.3 Å². The molecule has 17 heavy (non-hydrogen) atoms. The average molecular weight is 247 g/mol. The van der Waals surface area contributed by atoms with Crippen LogP contribution in [0, 0.1) is 13.8 Å². The number of pyridine rings is 1. The lowest BCUT2D eigenvalue weighted by molar-refractivity contribution is 0.902. The Hall–Kier alpha value is -1.66. The predicted molar refractivity (Wildman–Crippen MR) is 67.7 cm³/mol. The van der Waals surface area contributed by atoms with E-state index < -0.39 is 0 Å². The van der Waals surface area contributed by atoms with Crippen molar-refractivity contribution in [3.63, 3.8) is 0 Å². The van der Waals surface area contributed by atoms with Crippen molar-refractivity contribution in [1.82, 2.24) is 15.0 Å². The quantitative estimate of drug-likeness (QED) is 0.490. The molecule has 0 aromatic carbocycles. The number of hydrogen-bond acceptors (Lipinski definition) is 6. The third-order valence-corrected chi connectivity index (χ3v) is 2.90. The summed E-state index contributed by atoms with van der Waals surface area (Å²) in [6.45, 7) is 3.91. The number of aryl methyl sites for hydroxylation is 2. The lowest BCUT2D eigenvalue weighted by Crippen LogP contribution is -2.08. The minimum Gasteiger partial charge on any atom is -0.308 e. The zero-order chi connectivity index (χ0) is 12.3. The van der Waals surface area contributed by atoms with Crippen LogP contribution in [-0.2, 0) is 0 Å². The van der Waals surface area contributed by atoms with Crippen LogP contribution in [0.2, 0.25) is 0 Å². The highest BCUT2D eigenvalue weighted by Crippen LogP contribution is 2.25. The fraction of sp³-hybridized carbons (Fsp3) is 0.182. The van der Waals surface area contributed by atoms with Crippen molar-refractivity contribution in [3.05, 3.63) is 35.8 Å². The summed E-state index contributed by atoms with van der Waals surface area (Å²) in [6.07, 6.45) is 1.69. The number of nitrogens with two attached hydrogens (primary N) is 1. The number of nitrogens with one attached hydrogen (secondary N) is 1. The number of hydrazine groups is 1. The van der Waals surface area contributed by atoms with Crippen LogP contribution in [0.3, 0.4) is 0 Å². The first-order valence-corrected chi connectivity index (χ1v) is 5.92. The minimum absolute atomic E-state index is 0.624. The highest BCUT2D eigenvalue weighted by atomic mass is 32.2. The normalized spacial score (nSPS) is 10.3. The maximum absolute atomic E-state index is 5.31. The van der Waals surface area contributed by atoms with Gasteiger partial charge in [0.15, 0.2) is 5.16 Å². The third kappa shape index (κ3) is 3.15. The SMILES string of the molecule is Cc1cc(C)nc(Sc2ccnc(NN)c2)n1. The molecule has 0 aliphatic rings. The Morgan fingerprint density at radius 1 is 1.18 bits per heavy atom. The third-order valence-electron chi connectivity index (χ3n) is 2.05. The molecular formula is C11H13N5S. The fourth-order valence-electron chi connectivity index (χ4n) is 1.40. The fourth-order valence-corrected chi connectivity index (χ4v) is 2.29. The van der Waals surface area contributed by atoms with Gasteiger partial charge in [0.2, 0.25) is 0 Å². The number of hydrogen-bond donors (Lipinski definition) is 2. The lowest BCUT2D eigenvalue weighted by Gasteiger charge is -2.04. The zero-order valence-electron chi connectivity index (χ0n) is 9.64. The first kappa shape index (κ1) is 11.8. The highest BCUT2D eigenvalue weighted by Gasteiger charge is 2.03. The van der Waals surface area contributed by atoms with Crippen molar-refractivity contribution in [1.29, 1.82) is 0 Å². The van der Waals surface area contributed by atoms with Crippen LogP contribution in [0.25, 0.3) is 0 Å². The zero-order valence-corrected chi connectivity index (χ0v) is 10.5. The number of rotatable bonds is 3. The van der Waals surface area contributed by atoms with E-state index in [-0.39, 0.29) is 0 Å². The van der Waals surface area contributed by atoms with Gasteiger partial charge in [-0.25, -0.2) is 20.8 Å². The van der Waals surface area contributed by atoms with E-state index in [4.69, 9.17) is 5.84 Å². The lowest BCUT2D eigenvalue weighted by atomic mass is 10.4. The van der Waals surface area contributed by atoms with Gasteiger partial charge in [-0.3, -0.25) is 0 Å². The van der Waals surface area contributed by atoms with Crippen LogP contribution in [0.5, 0.6) is 0 Å². The molecule has 0 saturated heterocycles. The van der Waals surface area contributed by atoms with Gasteiger partial charge in [0.05, 0.1) is 0 Å². The minimum atomic E-state index is 0.624. The Kier molecular flexibility index (Phi) is 3.55. The Bertz CT molecular complexity index is 509. The molecule has 2 aromatic heterocycles. The maximum Gasteiger partial charge on any atom is 0.192 e. The number of nitrogens with zero attached hydrogens (tertiary/aromatic N) is 3. The first-order chi connectivity index (χ1) is 8.17. The molecule has 2 aromatic rings. The summed E-state index contributed by atoms with van der Waals surface area (Å²) >= 11 is 1.49. The van der Waals surface area contributed by atoms with Crippen molar-refractivity contribution in [2.24, 2.45) is 5.84 Å². The molecule has 0 spiro atoms. The molecule has 0 bridgehead atoms. The Morgan fingerprint density at radius 2 is 1.88 bits per heavy atom. The Labute approximate surface area is 104 Å². The number of nitrogen functional groups attached to an aromatic ring is 1. The Morgan fingerprint density at radius 3 is 2.53 bits per heavy atom. The van der Waals surface area contributed by atoms with Crippen LogP contribution in [-0.4, -0.2) is 15.0 Å². The van der Waals surface area contributed by atoms with E-state index in [0.29, 0.717) is 5.82 Å². The average Bonchev–Trinajstić information content (AvgIpc) is 2.28. The second kappa shape index (κ2) is 5.11. The molecule has 0 radical (unpaired) electrons. The van der Waals surface area contributed by atoms with Crippen LogP contribution in [0.4, 0.5) is 5.82 Å². The summed E-state index contributed by atoms with van der Waals surface area (Å²) in [5, 5.41) is 0.733. The summed E-state index contributed by atoms with van der Waals surface area (Å²) in [5.41, 5.74) is 4.44. The smallest absolute Gasteiger partial charge is 0.192 e. The highest BCUT2D eigenvalue weighted by molar-refractivity contribution is 7.99. The van der Waals surface area contributed by atoms with E-state index in [1.165, 1.54) is 11.8 Å². The summed E-state index contributed by atoms with van der Waals surface area (Å²) in [6, 6.07) is 5.70. The molecule has 0 fully saturated rings. The topological polar surface area (TPSA) is 76.7 Å². The second-order valence-corrected chi connectivity index (χ2v) is 4.60. The van der Waals surface area contributed by atoms with Gasteiger partial charge < -0.3 is 5.43 Å². The first-order valence-electron chi connectivity index (χ1n) is 5.10. The van der Waals surface area contributed by atoms with E-state index in [1.807, 2.05) is 32.0 Å². The van der Waals surface area contributed by atoms with E-state index in [1.54, 1.807) is 6.20 Å². The molecule has 6 heteroatoms. The van der Waals surface area contributed by atoms with Crippen LogP contribution >= 0.6 is 11.8 Å².